The van der Waals surface area contributed by atoms with E-state index in [0.29, 0.717) is 23.9 Å². The lowest BCUT2D eigenvalue weighted by Crippen LogP contribution is -2.37. The Hall–Kier alpha value is -1.86. The minimum absolute atomic E-state index is 0.0696. The molecule has 3 atom stereocenters. The predicted molar refractivity (Wildman–Crippen MR) is 79.0 cm³/mol. The SMILES string of the molecule is CC1CCC(NC(=O)c2cncc(C#CCN)c2)C1C. The molecular formula is C16H21N3O. The smallest absolute Gasteiger partial charge is 0.253 e. The van der Waals surface area contributed by atoms with Gasteiger partial charge in [-0.1, -0.05) is 25.7 Å². The topological polar surface area (TPSA) is 68.0 Å². The van der Waals surface area contributed by atoms with Gasteiger partial charge in [0.25, 0.3) is 5.91 Å². The van der Waals surface area contributed by atoms with Crippen molar-refractivity contribution in [2.24, 2.45) is 17.6 Å². The Kier molecular flexibility index (Phi) is 4.75. The van der Waals surface area contributed by atoms with Crippen LogP contribution in [0.5, 0.6) is 0 Å². The maximum atomic E-state index is 12.3. The monoisotopic (exact) mass is 271 g/mol. The van der Waals surface area contributed by atoms with E-state index in [4.69, 9.17) is 5.73 Å². The molecule has 0 aromatic carbocycles. The average molecular weight is 271 g/mol. The summed E-state index contributed by atoms with van der Waals surface area (Å²) in [6.07, 6.45) is 5.44. The summed E-state index contributed by atoms with van der Waals surface area (Å²) in [7, 11) is 0. The van der Waals surface area contributed by atoms with E-state index in [-0.39, 0.29) is 11.9 Å². The molecule has 1 fully saturated rings. The Bertz CT molecular complexity index is 544. The third-order valence-corrected chi connectivity index (χ3v) is 4.12. The highest BCUT2D eigenvalue weighted by Crippen LogP contribution is 2.31. The Morgan fingerprint density at radius 2 is 2.25 bits per heavy atom. The van der Waals surface area contributed by atoms with Gasteiger partial charge in [-0.2, -0.15) is 0 Å². The van der Waals surface area contributed by atoms with Gasteiger partial charge in [-0.05, 0) is 30.7 Å². The van der Waals surface area contributed by atoms with Crippen molar-refractivity contribution in [1.29, 1.82) is 0 Å². The molecule has 0 spiro atoms. The number of pyridine rings is 1. The number of hydrogen-bond acceptors (Lipinski definition) is 3. The third-order valence-electron chi connectivity index (χ3n) is 4.12. The van der Waals surface area contributed by atoms with Gasteiger partial charge in [-0.15, -0.1) is 0 Å². The van der Waals surface area contributed by atoms with Crippen LogP contribution in [-0.2, 0) is 0 Å². The highest BCUT2D eigenvalue weighted by molar-refractivity contribution is 5.94. The molecule has 1 aromatic rings. The molecule has 0 aliphatic heterocycles. The molecule has 3 unspecified atom stereocenters. The van der Waals surface area contributed by atoms with Gasteiger partial charge in [0, 0.05) is 24.0 Å². The normalized spacial score (nSPS) is 24.9. The van der Waals surface area contributed by atoms with Crippen molar-refractivity contribution in [2.75, 3.05) is 6.54 Å². The molecule has 20 heavy (non-hydrogen) atoms. The van der Waals surface area contributed by atoms with Crippen molar-refractivity contribution in [3.8, 4) is 11.8 Å². The van der Waals surface area contributed by atoms with E-state index >= 15 is 0 Å². The number of nitrogens with two attached hydrogens (primary N) is 1. The second-order valence-electron chi connectivity index (χ2n) is 5.46. The van der Waals surface area contributed by atoms with Crippen molar-refractivity contribution in [2.45, 2.75) is 32.7 Å². The molecule has 1 aliphatic rings. The third kappa shape index (κ3) is 3.37. The van der Waals surface area contributed by atoms with E-state index < -0.39 is 0 Å². The molecule has 0 bridgehead atoms. The molecule has 4 nitrogen and oxygen atoms in total. The van der Waals surface area contributed by atoms with Crippen LogP contribution in [0.4, 0.5) is 0 Å². The molecule has 4 heteroatoms. The van der Waals surface area contributed by atoms with Gasteiger partial charge >= 0.3 is 0 Å². The Labute approximate surface area is 120 Å². The average Bonchev–Trinajstić information content (AvgIpc) is 2.77. The largest absolute Gasteiger partial charge is 0.349 e. The van der Waals surface area contributed by atoms with E-state index in [1.165, 1.54) is 6.42 Å². The number of carbonyl (C=O) groups excluding carboxylic acids is 1. The summed E-state index contributed by atoms with van der Waals surface area (Å²) in [6, 6.07) is 2.02. The number of nitrogens with zero attached hydrogens (tertiary/aromatic N) is 1. The first-order valence-corrected chi connectivity index (χ1v) is 7.06. The fourth-order valence-electron chi connectivity index (χ4n) is 2.61. The molecule has 1 aromatic heterocycles. The van der Waals surface area contributed by atoms with E-state index in [2.05, 4.69) is 36.0 Å². The summed E-state index contributed by atoms with van der Waals surface area (Å²) >= 11 is 0. The lowest BCUT2D eigenvalue weighted by atomic mass is 9.97. The van der Waals surface area contributed by atoms with Crippen LogP contribution in [0.1, 0.15) is 42.6 Å². The second-order valence-corrected chi connectivity index (χ2v) is 5.46. The lowest BCUT2D eigenvalue weighted by molar-refractivity contribution is 0.0927. The highest BCUT2D eigenvalue weighted by Gasteiger charge is 2.30. The predicted octanol–water partition coefficient (Wildman–Crippen LogP) is 1.56. The summed E-state index contributed by atoms with van der Waals surface area (Å²) in [5.41, 5.74) is 6.61. The Morgan fingerprint density at radius 3 is 2.90 bits per heavy atom. The number of nitrogens with one attached hydrogen (secondary N) is 1. The van der Waals surface area contributed by atoms with E-state index in [9.17, 15) is 4.79 Å². The van der Waals surface area contributed by atoms with Gasteiger partial charge < -0.3 is 11.1 Å². The summed E-state index contributed by atoms with van der Waals surface area (Å²) in [5.74, 6) is 6.77. The maximum Gasteiger partial charge on any atom is 0.253 e. The van der Waals surface area contributed by atoms with E-state index in [1.54, 1.807) is 18.5 Å². The number of amides is 1. The van der Waals surface area contributed by atoms with Crippen molar-refractivity contribution in [3.05, 3.63) is 29.6 Å². The summed E-state index contributed by atoms with van der Waals surface area (Å²) < 4.78 is 0. The van der Waals surface area contributed by atoms with Crippen LogP contribution in [0, 0.1) is 23.7 Å². The summed E-state index contributed by atoms with van der Waals surface area (Å²) in [6.45, 7) is 4.74. The van der Waals surface area contributed by atoms with Crippen molar-refractivity contribution < 1.29 is 4.79 Å². The molecule has 1 aliphatic carbocycles. The first-order valence-electron chi connectivity index (χ1n) is 7.06. The zero-order chi connectivity index (χ0) is 14.5. The minimum Gasteiger partial charge on any atom is -0.349 e. The van der Waals surface area contributed by atoms with Crippen LogP contribution in [0.15, 0.2) is 18.5 Å². The first-order chi connectivity index (χ1) is 9.61. The quantitative estimate of drug-likeness (QED) is 0.802. The molecular weight excluding hydrogens is 250 g/mol. The first kappa shape index (κ1) is 14.5. The molecule has 3 N–H and O–H groups in total. The van der Waals surface area contributed by atoms with Crippen LogP contribution >= 0.6 is 0 Å². The van der Waals surface area contributed by atoms with Crippen molar-refractivity contribution >= 4 is 5.91 Å². The van der Waals surface area contributed by atoms with Crippen molar-refractivity contribution in [3.63, 3.8) is 0 Å². The second kappa shape index (κ2) is 6.53. The zero-order valence-corrected chi connectivity index (χ0v) is 12.0. The highest BCUT2D eigenvalue weighted by atomic mass is 16.1. The fraction of sp³-hybridized carbons (Fsp3) is 0.500. The van der Waals surface area contributed by atoms with Crippen LogP contribution in [0.25, 0.3) is 0 Å². The van der Waals surface area contributed by atoms with Gasteiger partial charge in [0.05, 0.1) is 12.1 Å². The van der Waals surface area contributed by atoms with Crippen LogP contribution < -0.4 is 11.1 Å². The number of rotatable bonds is 2. The van der Waals surface area contributed by atoms with Gasteiger partial charge in [-0.25, -0.2) is 0 Å². The summed E-state index contributed by atoms with van der Waals surface area (Å²) in [4.78, 5) is 16.3. The van der Waals surface area contributed by atoms with Crippen LogP contribution in [-0.4, -0.2) is 23.5 Å². The van der Waals surface area contributed by atoms with Gasteiger partial charge in [0.2, 0.25) is 0 Å². The van der Waals surface area contributed by atoms with E-state index in [1.807, 2.05) is 0 Å². The number of aromatic nitrogens is 1. The fourth-order valence-corrected chi connectivity index (χ4v) is 2.61. The minimum atomic E-state index is -0.0696. The lowest BCUT2D eigenvalue weighted by Gasteiger charge is -2.19. The Balaban J connectivity index is 2.06. The molecule has 0 radical (unpaired) electrons. The molecule has 106 valence electrons. The number of hydrogen-bond donors (Lipinski definition) is 2. The standard InChI is InChI=1S/C16H21N3O/c1-11-5-6-15(12(11)2)19-16(20)14-8-13(4-3-7-17)9-18-10-14/h8-12,15H,5-7,17H2,1-2H3,(H,19,20). The van der Waals surface area contributed by atoms with Crippen LogP contribution in [0.2, 0.25) is 0 Å². The zero-order valence-electron chi connectivity index (χ0n) is 12.0. The summed E-state index contributed by atoms with van der Waals surface area (Å²) in [5, 5.41) is 3.11. The number of carbonyl (C=O) groups is 1. The molecule has 0 saturated heterocycles. The maximum absolute atomic E-state index is 12.3. The molecule has 1 amide bonds. The van der Waals surface area contributed by atoms with Crippen LogP contribution in [0.3, 0.4) is 0 Å². The molecule has 1 heterocycles. The molecule has 1 saturated carbocycles. The Morgan fingerprint density at radius 1 is 1.45 bits per heavy atom. The van der Waals surface area contributed by atoms with Gasteiger partial charge in [0.1, 0.15) is 0 Å². The van der Waals surface area contributed by atoms with Gasteiger partial charge in [0.15, 0.2) is 0 Å². The van der Waals surface area contributed by atoms with Gasteiger partial charge in [-0.3, -0.25) is 9.78 Å². The van der Waals surface area contributed by atoms with Crippen molar-refractivity contribution in [1.82, 2.24) is 10.3 Å². The van der Waals surface area contributed by atoms with E-state index in [0.717, 1.165) is 12.0 Å². The molecule has 2 rings (SSSR count).